The van der Waals surface area contributed by atoms with Crippen molar-refractivity contribution in [3.8, 4) is 0 Å². The monoisotopic (exact) mass is 308 g/mol. The number of fused-ring (bicyclic) bond motifs is 1. The molecule has 1 aliphatic carbocycles. The van der Waals surface area contributed by atoms with Gasteiger partial charge in [-0.1, -0.05) is 32.4 Å². The predicted molar refractivity (Wildman–Crippen MR) is 87.5 cm³/mol. The molecule has 0 amide bonds. The quantitative estimate of drug-likeness (QED) is 0.820. The van der Waals surface area contributed by atoms with Crippen LogP contribution in [0.15, 0.2) is 18.2 Å². The van der Waals surface area contributed by atoms with E-state index in [1.807, 2.05) is 23.5 Å². The lowest BCUT2D eigenvalue weighted by molar-refractivity contribution is 0.0993. The molecular weight excluding hydrogens is 288 g/mol. The van der Waals surface area contributed by atoms with E-state index >= 15 is 0 Å². The van der Waals surface area contributed by atoms with Crippen LogP contribution >= 0.6 is 22.9 Å². The highest BCUT2D eigenvalue weighted by Crippen LogP contribution is 2.51. The molecule has 1 saturated carbocycles. The van der Waals surface area contributed by atoms with Crippen molar-refractivity contribution >= 4 is 33.2 Å². The maximum Gasteiger partial charge on any atom is 0.0974 e. The smallest absolute Gasteiger partial charge is 0.0974 e. The summed E-state index contributed by atoms with van der Waals surface area (Å²) >= 11 is 7.87. The third kappa shape index (κ3) is 2.26. The van der Waals surface area contributed by atoms with E-state index in [1.165, 1.54) is 9.71 Å². The Hall–Kier alpha value is -0.640. The van der Waals surface area contributed by atoms with Crippen LogP contribution < -0.4 is 5.73 Å². The Labute approximate surface area is 129 Å². The largest absolute Gasteiger partial charge is 0.327 e. The number of hydrogen-bond donors (Lipinski definition) is 1. The van der Waals surface area contributed by atoms with Crippen LogP contribution in [0.4, 0.5) is 0 Å². The van der Waals surface area contributed by atoms with Gasteiger partial charge in [0.1, 0.15) is 0 Å². The molecule has 1 fully saturated rings. The van der Waals surface area contributed by atoms with Crippen molar-refractivity contribution in [2.45, 2.75) is 45.6 Å². The highest BCUT2D eigenvalue weighted by atomic mass is 35.5. The number of aromatic nitrogens is 1. The van der Waals surface area contributed by atoms with Crippen molar-refractivity contribution in [3.05, 3.63) is 28.2 Å². The molecular formula is C16H21ClN2S. The van der Waals surface area contributed by atoms with Gasteiger partial charge < -0.3 is 5.73 Å². The van der Waals surface area contributed by atoms with Gasteiger partial charge in [0.15, 0.2) is 0 Å². The summed E-state index contributed by atoms with van der Waals surface area (Å²) < 4.78 is 1.22. The van der Waals surface area contributed by atoms with Gasteiger partial charge in [-0.25, -0.2) is 4.98 Å². The van der Waals surface area contributed by atoms with Gasteiger partial charge in [0.2, 0.25) is 0 Å². The molecule has 0 bridgehead atoms. The second-order valence-corrected chi connectivity index (χ2v) is 8.07. The van der Waals surface area contributed by atoms with E-state index in [0.29, 0.717) is 17.9 Å². The molecule has 1 aliphatic rings. The minimum absolute atomic E-state index is 0.190. The van der Waals surface area contributed by atoms with Crippen LogP contribution in [0.1, 0.15) is 44.5 Å². The Bertz CT molecular complexity index is 634. The van der Waals surface area contributed by atoms with Crippen LogP contribution in [0.2, 0.25) is 5.02 Å². The third-order valence-electron chi connectivity index (χ3n) is 5.17. The Balaban J connectivity index is 2.01. The lowest BCUT2D eigenvalue weighted by Gasteiger charge is -2.46. The van der Waals surface area contributed by atoms with E-state index in [9.17, 15) is 0 Å². The molecule has 1 heterocycles. The number of nitrogens with two attached hydrogens (primary N) is 1. The zero-order chi connectivity index (χ0) is 14.5. The van der Waals surface area contributed by atoms with Crippen molar-refractivity contribution in [3.63, 3.8) is 0 Å². The Morgan fingerprint density at radius 2 is 2.10 bits per heavy atom. The van der Waals surface area contributed by atoms with E-state index in [4.69, 9.17) is 22.3 Å². The lowest BCUT2D eigenvalue weighted by atomic mass is 9.61. The number of nitrogens with zero attached hydrogens (tertiary/aromatic N) is 1. The summed E-state index contributed by atoms with van der Waals surface area (Å²) in [7, 11) is 0. The van der Waals surface area contributed by atoms with E-state index in [2.05, 4.69) is 26.8 Å². The summed E-state index contributed by atoms with van der Waals surface area (Å²) in [6.45, 7) is 6.95. The van der Waals surface area contributed by atoms with E-state index in [-0.39, 0.29) is 5.41 Å². The van der Waals surface area contributed by atoms with Crippen LogP contribution in [0.25, 0.3) is 10.2 Å². The zero-order valence-electron chi connectivity index (χ0n) is 12.2. The molecule has 0 saturated heterocycles. The molecule has 20 heavy (non-hydrogen) atoms. The Kier molecular flexibility index (Phi) is 3.56. The second-order valence-electron chi connectivity index (χ2n) is 6.57. The van der Waals surface area contributed by atoms with E-state index in [0.717, 1.165) is 23.4 Å². The number of benzene rings is 1. The minimum Gasteiger partial charge on any atom is -0.327 e. The summed E-state index contributed by atoms with van der Waals surface area (Å²) in [5.41, 5.74) is 7.47. The van der Waals surface area contributed by atoms with Gasteiger partial charge in [0, 0.05) is 17.0 Å². The lowest BCUT2D eigenvalue weighted by Crippen LogP contribution is -2.45. The van der Waals surface area contributed by atoms with Crippen molar-refractivity contribution in [2.24, 2.45) is 17.1 Å². The average molecular weight is 309 g/mol. The van der Waals surface area contributed by atoms with Crippen LogP contribution in [0, 0.1) is 11.3 Å². The van der Waals surface area contributed by atoms with Crippen molar-refractivity contribution in [1.82, 2.24) is 4.98 Å². The fourth-order valence-electron chi connectivity index (χ4n) is 3.36. The molecule has 108 valence electrons. The zero-order valence-corrected chi connectivity index (χ0v) is 13.8. The van der Waals surface area contributed by atoms with E-state index < -0.39 is 0 Å². The standard InChI is InChI=1S/C16H21ClN2S/c1-9-12(18)6-5-11(16(9,2)3)15-19-13-8-10(17)4-7-14(13)20-15/h4,7-9,11-12H,5-6,18H2,1-3H3. The Morgan fingerprint density at radius 3 is 2.85 bits per heavy atom. The van der Waals surface area contributed by atoms with Crippen molar-refractivity contribution in [2.75, 3.05) is 0 Å². The summed E-state index contributed by atoms with van der Waals surface area (Å²) in [4.78, 5) is 4.85. The van der Waals surface area contributed by atoms with Crippen LogP contribution in [0.3, 0.4) is 0 Å². The molecule has 3 atom stereocenters. The molecule has 3 rings (SSSR count). The summed E-state index contributed by atoms with van der Waals surface area (Å²) in [6.07, 6.45) is 2.22. The van der Waals surface area contributed by atoms with Gasteiger partial charge in [-0.3, -0.25) is 0 Å². The molecule has 0 aliphatic heterocycles. The van der Waals surface area contributed by atoms with Crippen molar-refractivity contribution in [1.29, 1.82) is 0 Å². The molecule has 0 radical (unpaired) electrons. The SMILES string of the molecule is CC1C(N)CCC(c2nc3cc(Cl)ccc3s2)C1(C)C. The minimum atomic E-state index is 0.190. The first-order valence-corrected chi connectivity index (χ1v) is 8.40. The highest BCUT2D eigenvalue weighted by Gasteiger charge is 2.43. The number of rotatable bonds is 1. The maximum atomic E-state index is 6.25. The van der Waals surface area contributed by atoms with Gasteiger partial charge in [0.05, 0.1) is 15.2 Å². The molecule has 1 aromatic carbocycles. The Morgan fingerprint density at radius 1 is 1.35 bits per heavy atom. The molecule has 2 aromatic rings. The van der Waals surface area contributed by atoms with E-state index in [1.54, 1.807) is 0 Å². The molecule has 3 unspecified atom stereocenters. The molecule has 2 nitrogen and oxygen atoms in total. The summed E-state index contributed by atoms with van der Waals surface area (Å²) in [5, 5.41) is 2.00. The number of halogens is 1. The van der Waals surface area contributed by atoms with Crippen molar-refractivity contribution < 1.29 is 0 Å². The first-order chi connectivity index (χ1) is 9.39. The fourth-order valence-corrected chi connectivity index (χ4v) is 4.80. The molecule has 4 heteroatoms. The highest BCUT2D eigenvalue weighted by molar-refractivity contribution is 7.18. The summed E-state index contributed by atoms with van der Waals surface area (Å²) in [6, 6.07) is 6.28. The number of thiazole rings is 1. The molecule has 2 N–H and O–H groups in total. The van der Waals surface area contributed by atoms with Gasteiger partial charge in [-0.2, -0.15) is 0 Å². The number of hydrogen-bond acceptors (Lipinski definition) is 3. The maximum absolute atomic E-state index is 6.25. The normalized spacial score (nSPS) is 29.8. The van der Waals surface area contributed by atoms with Crippen LogP contribution in [-0.4, -0.2) is 11.0 Å². The van der Waals surface area contributed by atoms with Gasteiger partial charge >= 0.3 is 0 Å². The average Bonchev–Trinajstić information content (AvgIpc) is 2.78. The first kappa shape index (κ1) is 14.3. The predicted octanol–water partition coefficient (Wildman–Crippen LogP) is 4.82. The molecule has 1 aromatic heterocycles. The van der Waals surface area contributed by atoms with Gasteiger partial charge in [-0.15, -0.1) is 11.3 Å². The van der Waals surface area contributed by atoms with Gasteiger partial charge in [0.25, 0.3) is 0 Å². The topological polar surface area (TPSA) is 38.9 Å². The first-order valence-electron chi connectivity index (χ1n) is 7.21. The van der Waals surface area contributed by atoms with Crippen LogP contribution in [0.5, 0.6) is 0 Å². The fraction of sp³-hybridized carbons (Fsp3) is 0.562. The third-order valence-corrected chi connectivity index (χ3v) is 6.55. The summed E-state index contributed by atoms with van der Waals surface area (Å²) in [5.74, 6) is 1.00. The van der Waals surface area contributed by atoms with Gasteiger partial charge in [-0.05, 0) is 42.4 Å². The molecule has 0 spiro atoms. The second kappa shape index (κ2) is 4.97. The van der Waals surface area contributed by atoms with Crippen LogP contribution in [-0.2, 0) is 0 Å².